The van der Waals surface area contributed by atoms with Crippen LogP contribution in [0.15, 0.2) is 22.7 Å². The van der Waals surface area contributed by atoms with Crippen LogP contribution in [0.4, 0.5) is 0 Å². The Bertz CT molecular complexity index is 230. The summed E-state index contributed by atoms with van der Waals surface area (Å²) in [7, 11) is 0. The van der Waals surface area contributed by atoms with Crippen LogP contribution < -0.4 is 0 Å². The first-order valence-electron chi connectivity index (χ1n) is 3.23. The molecule has 0 saturated heterocycles. The van der Waals surface area contributed by atoms with Crippen molar-refractivity contribution in [3.8, 4) is 0 Å². The molecule has 0 aliphatic rings. The zero-order valence-electron chi connectivity index (χ0n) is 5.78. The summed E-state index contributed by atoms with van der Waals surface area (Å²) in [4.78, 5) is 0. The van der Waals surface area contributed by atoms with Gasteiger partial charge in [0.1, 0.15) is 0 Å². The minimum Gasteiger partial charge on any atom is -0.126 e. The third kappa shape index (κ3) is 3.30. The monoisotopic (exact) mass is 344 g/mol. The molecule has 3 heteroatoms. The molecule has 60 valence electrons. The van der Waals surface area contributed by atoms with Gasteiger partial charge in [0.25, 0.3) is 0 Å². The fourth-order valence-electron chi connectivity index (χ4n) is 0.864. The highest BCUT2D eigenvalue weighted by Crippen LogP contribution is 2.17. The SMILES string of the molecule is ClCCc1cc(Br)cc(I)c1. The number of aryl methyl sites for hydroxylation is 1. The summed E-state index contributed by atoms with van der Waals surface area (Å²) in [6.45, 7) is 0. The molecule has 1 aromatic rings. The number of halogens is 3. The number of alkyl halides is 1. The van der Waals surface area contributed by atoms with Crippen LogP contribution in [0.25, 0.3) is 0 Å². The second kappa shape index (κ2) is 4.67. The standard InChI is InChI=1S/C8H7BrClI/c9-7-3-6(1-2-10)4-8(11)5-7/h3-5H,1-2H2. The second-order valence-electron chi connectivity index (χ2n) is 2.22. The Morgan fingerprint density at radius 1 is 1.36 bits per heavy atom. The fourth-order valence-corrected chi connectivity index (χ4v) is 2.79. The fraction of sp³-hybridized carbons (Fsp3) is 0.250. The van der Waals surface area contributed by atoms with E-state index in [2.05, 4.69) is 56.7 Å². The van der Waals surface area contributed by atoms with Crippen molar-refractivity contribution in [1.82, 2.24) is 0 Å². The molecule has 0 unspecified atom stereocenters. The molecule has 0 fully saturated rings. The minimum atomic E-state index is 0.687. The Morgan fingerprint density at radius 2 is 2.09 bits per heavy atom. The van der Waals surface area contributed by atoms with Crippen molar-refractivity contribution in [2.75, 3.05) is 5.88 Å². The molecule has 0 bridgehead atoms. The zero-order valence-corrected chi connectivity index (χ0v) is 10.3. The predicted molar refractivity (Wildman–Crippen MR) is 61.3 cm³/mol. The van der Waals surface area contributed by atoms with Crippen molar-refractivity contribution in [2.24, 2.45) is 0 Å². The van der Waals surface area contributed by atoms with Crippen molar-refractivity contribution in [3.63, 3.8) is 0 Å². The van der Waals surface area contributed by atoms with Crippen molar-refractivity contribution in [2.45, 2.75) is 6.42 Å². The molecule has 0 saturated carbocycles. The Morgan fingerprint density at radius 3 is 2.64 bits per heavy atom. The van der Waals surface area contributed by atoms with Gasteiger partial charge in [0.2, 0.25) is 0 Å². The van der Waals surface area contributed by atoms with Crippen LogP contribution in [-0.4, -0.2) is 5.88 Å². The van der Waals surface area contributed by atoms with Crippen molar-refractivity contribution < 1.29 is 0 Å². The summed E-state index contributed by atoms with van der Waals surface area (Å²) in [6, 6.07) is 6.33. The Hall–Kier alpha value is 0.720. The first-order valence-corrected chi connectivity index (χ1v) is 5.64. The third-order valence-corrected chi connectivity index (χ3v) is 2.58. The van der Waals surface area contributed by atoms with Gasteiger partial charge < -0.3 is 0 Å². The molecule has 0 heterocycles. The molecule has 0 aliphatic heterocycles. The van der Waals surface area contributed by atoms with Gasteiger partial charge in [0, 0.05) is 13.9 Å². The maximum absolute atomic E-state index is 5.62. The van der Waals surface area contributed by atoms with E-state index in [9.17, 15) is 0 Å². The quantitative estimate of drug-likeness (QED) is 0.564. The van der Waals surface area contributed by atoms with Crippen LogP contribution in [0.3, 0.4) is 0 Å². The van der Waals surface area contributed by atoms with Gasteiger partial charge in [-0.25, -0.2) is 0 Å². The maximum atomic E-state index is 5.62. The highest BCUT2D eigenvalue weighted by molar-refractivity contribution is 14.1. The van der Waals surface area contributed by atoms with E-state index < -0.39 is 0 Å². The summed E-state index contributed by atoms with van der Waals surface area (Å²) in [5.41, 5.74) is 1.29. The number of rotatable bonds is 2. The van der Waals surface area contributed by atoms with Crippen LogP contribution in [0.5, 0.6) is 0 Å². The maximum Gasteiger partial charge on any atom is 0.0263 e. The molecule has 0 spiro atoms. The van der Waals surface area contributed by atoms with Crippen LogP contribution in [0.2, 0.25) is 0 Å². The molecule has 1 aromatic carbocycles. The largest absolute Gasteiger partial charge is 0.126 e. The van der Waals surface area contributed by atoms with E-state index >= 15 is 0 Å². The summed E-state index contributed by atoms with van der Waals surface area (Å²) in [6.07, 6.45) is 0.941. The van der Waals surface area contributed by atoms with E-state index in [-0.39, 0.29) is 0 Å². The first-order chi connectivity index (χ1) is 5.22. The van der Waals surface area contributed by atoms with Crippen LogP contribution in [0, 0.1) is 3.57 Å². The average Bonchev–Trinajstić information content (AvgIpc) is 1.85. The lowest BCUT2D eigenvalue weighted by atomic mass is 10.2. The van der Waals surface area contributed by atoms with Gasteiger partial charge in [-0.1, -0.05) is 15.9 Å². The number of benzene rings is 1. The number of hydrogen-bond donors (Lipinski definition) is 0. The predicted octanol–water partition coefficient (Wildman–Crippen LogP) is 3.84. The zero-order chi connectivity index (χ0) is 8.27. The molecule has 0 radical (unpaired) electrons. The number of hydrogen-bond acceptors (Lipinski definition) is 0. The van der Waals surface area contributed by atoms with Crippen molar-refractivity contribution in [1.29, 1.82) is 0 Å². The Balaban J connectivity index is 2.89. The van der Waals surface area contributed by atoms with E-state index in [1.807, 2.05) is 0 Å². The molecule has 0 amide bonds. The van der Waals surface area contributed by atoms with E-state index in [1.54, 1.807) is 0 Å². The summed E-state index contributed by atoms with van der Waals surface area (Å²) in [5.74, 6) is 0.687. The summed E-state index contributed by atoms with van der Waals surface area (Å²) in [5, 5.41) is 0. The van der Waals surface area contributed by atoms with E-state index in [4.69, 9.17) is 11.6 Å². The molecule has 0 aromatic heterocycles. The van der Waals surface area contributed by atoms with Crippen LogP contribution in [-0.2, 0) is 6.42 Å². The lowest BCUT2D eigenvalue weighted by Crippen LogP contribution is -1.86. The summed E-state index contributed by atoms with van der Waals surface area (Å²) >= 11 is 11.4. The molecule has 0 nitrogen and oxygen atoms in total. The normalized spacial score (nSPS) is 10.1. The lowest BCUT2D eigenvalue weighted by molar-refractivity contribution is 1.14. The minimum absolute atomic E-state index is 0.687. The molecular formula is C8H7BrClI. The van der Waals surface area contributed by atoms with Gasteiger partial charge in [-0.2, -0.15) is 0 Å². The Labute approximate surface area is 93.6 Å². The first kappa shape index (κ1) is 9.81. The lowest BCUT2D eigenvalue weighted by Gasteiger charge is -1.99. The summed E-state index contributed by atoms with van der Waals surface area (Å²) < 4.78 is 2.38. The molecule has 0 N–H and O–H groups in total. The second-order valence-corrected chi connectivity index (χ2v) is 4.76. The Kier molecular flexibility index (Phi) is 4.17. The molecule has 1 rings (SSSR count). The van der Waals surface area contributed by atoms with Gasteiger partial charge >= 0.3 is 0 Å². The molecule has 0 aliphatic carbocycles. The van der Waals surface area contributed by atoms with Gasteiger partial charge in [0.15, 0.2) is 0 Å². The average molecular weight is 345 g/mol. The smallest absolute Gasteiger partial charge is 0.0263 e. The third-order valence-electron chi connectivity index (χ3n) is 1.31. The van der Waals surface area contributed by atoms with E-state index in [1.165, 1.54) is 9.13 Å². The van der Waals surface area contributed by atoms with Crippen LogP contribution >= 0.6 is 50.1 Å². The highest BCUT2D eigenvalue weighted by Gasteiger charge is 1.95. The van der Waals surface area contributed by atoms with Gasteiger partial charge in [-0.15, -0.1) is 11.6 Å². The molecule has 0 atom stereocenters. The van der Waals surface area contributed by atoms with E-state index in [0.717, 1.165) is 10.9 Å². The van der Waals surface area contributed by atoms with Gasteiger partial charge in [0.05, 0.1) is 0 Å². The van der Waals surface area contributed by atoms with E-state index in [0.29, 0.717) is 5.88 Å². The molecule has 11 heavy (non-hydrogen) atoms. The van der Waals surface area contributed by atoms with Crippen LogP contribution in [0.1, 0.15) is 5.56 Å². The highest BCUT2D eigenvalue weighted by atomic mass is 127. The molecular weight excluding hydrogens is 338 g/mol. The van der Waals surface area contributed by atoms with Crippen molar-refractivity contribution >= 4 is 50.1 Å². The van der Waals surface area contributed by atoms with Gasteiger partial charge in [-0.05, 0) is 52.8 Å². The van der Waals surface area contributed by atoms with Gasteiger partial charge in [-0.3, -0.25) is 0 Å². The van der Waals surface area contributed by atoms with Crippen molar-refractivity contribution in [3.05, 3.63) is 31.8 Å². The topological polar surface area (TPSA) is 0 Å².